The van der Waals surface area contributed by atoms with Gasteiger partial charge in [-0.2, -0.15) is 0 Å². The Morgan fingerprint density at radius 3 is 2.95 bits per heavy atom. The highest BCUT2D eigenvalue weighted by Gasteiger charge is 2.17. The number of carboxylic acid groups (broad SMARTS) is 1. The van der Waals surface area contributed by atoms with Crippen molar-refractivity contribution in [2.24, 2.45) is 0 Å². The average Bonchev–Trinajstić information content (AvgIpc) is 2.88. The maximum Gasteiger partial charge on any atom is 0.313 e. The molecule has 2 aromatic rings. The third-order valence-electron chi connectivity index (χ3n) is 2.73. The summed E-state index contributed by atoms with van der Waals surface area (Å²) in [5, 5.41) is 17.7. The van der Waals surface area contributed by atoms with Gasteiger partial charge in [-0.25, -0.2) is 0 Å². The Bertz CT molecular complexity index is 630. The fraction of sp³-hybridized carbons (Fsp3) is 0.385. The third kappa shape index (κ3) is 3.52. The zero-order valence-electron chi connectivity index (χ0n) is 11.8. The molecule has 7 nitrogen and oxygen atoms in total. The number of pyridine rings is 1. The van der Waals surface area contributed by atoms with Crippen molar-refractivity contribution >= 4 is 17.7 Å². The van der Waals surface area contributed by atoms with Crippen LogP contribution >= 0.6 is 11.8 Å². The molecule has 0 atom stereocenters. The molecule has 0 spiro atoms. The van der Waals surface area contributed by atoms with Crippen LogP contribution in [0.15, 0.2) is 23.6 Å². The molecule has 0 aliphatic rings. The van der Waals surface area contributed by atoms with Crippen LogP contribution in [0.2, 0.25) is 0 Å². The Morgan fingerprint density at radius 1 is 1.48 bits per heavy atom. The number of aromatic nitrogens is 4. The lowest BCUT2D eigenvalue weighted by atomic mass is 10.2. The number of hydrogen-bond acceptors (Lipinski definition) is 6. The number of nitrogens with zero attached hydrogens (tertiary/aromatic N) is 4. The van der Waals surface area contributed by atoms with Crippen LogP contribution in [-0.2, 0) is 11.3 Å². The maximum atomic E-state index is 10.7. The van der Waals surface area contributed by atoms with Gasteiger partial charge in [0, 0.05) is 12.7 Å². The number of methoxy groups -OCH3 is 1. The second-order valence-electron chi connectivity index (χ2n) is 4.22. The van der Waals surface area contributed by atoms with Crippen molar-refractivity contribution in [3.05, 3.63) is 18.5 Å². The van der Waals surface area contributed by atoms with Gasteiger partial charge in [0.15, 0.2) is 11.0 Å². The minimum absolute atomic E-state index is 0.0463. The molecule has 21 heavy (non-hydrogen) atoms. The molecule has 0 aliphatic carbocycles. The van der Waals surface area contributed by atoms with Gasteiger partial charge >= 0.3 is 5.97 Å². The van der Waals surface area contributed by atoms with E-state index in [9.17, 15) is 4.79 Å². The quantitative estimate of drug-likeness (QED) is 0.782. The lowest BCUT2D eigenvalue weighted by Gasteiger charge is -2.10. The molecule has 0 fully saturated rings. The Hall–Kier alpha value is -2.09. The van der Waals surface area contributed by atoms with Crippen molar-refractivity contribution < 1.29 is 14.6 Å². The summed E-state index contributed by atoms with van der Waals surface area (Å²) >= 11 is 1.16. The summed E-state index contributed by atoms with van der Waals surface area (Å²) in [4.78, 5) is 14.7. The Balaban J connectivity index is 2.41. The van der Waals surface area contributed by atoms with E-state index < -0.39 is 5.97 Å². The summed E-state index contributed by atoms with van der Waals surface area (Å²) in [5.74, 6) is 0.338. The van der Waals surface area contributed by atoms with Crippen LogP contribution < -0.4 is 4.74 Å². The second-order valence-corrected chi connectivity index (χ2v) is 5.16. The van der Waals surface area contributed by atoms with Gasteiger partial charge in [-0.1, -0.05) is 18.7 Å². The molecule has 8 heteroatoms. The molecule has 0 saturated heterocycles. The molecule has 0 radical (unpaired) electrons. The van der Waals surface area contributed by atoms with Gasteiger partial charge in [0.05, 0.1) is 24.6 Å². The predicted octanol–water partition coefficient (Wildman–Crippen LogP) is 1.94. The van der Waals surface area contributed by atoms with Crippen LogP contribution in [0.25, 0.3) is 11.4 Å². The predicted molar refractivity (Wildman–Crippen MR) is 78.5 cm³/mol. The van der Waals surface area contributed by atoms with Crippen LogP contribution in [0.3, 0.4) is 0 Å². The van der Waals surface area contributed by atoms with E-state index >= 15 is 0 Å². The van der Waals surface area contributed by atoms with Crippen LogP contribution in [0.1, 0.15) is 13.3 Å². The third-order valence-corrected chi connectivity index (χ3v) is 3.69. The van der Waals surface area contributed by atoms with E-state index in [0.717, 1.165) is 23.7 Å². The highest BCUT2D eigenvalue weighted by atomic mass is 32.2. The summed E-state index contributed by atoms with van der Waals surface area (Å²) in [5.41, 5.74) is 0.788. The molecular weight excluding hydrogens is 292 g/mol. The molecule has 1 N–H and O–H groups in total. The maximum absolute atomic E-state index is 10.7. The molecule has 0 amide bonds. The lowest BCUT2D eigenvalue weighted by molar-refractivity contribution is -0.133. The fourth-order valence-electron chi connectivity index (χ4n) is 1.87. The topological polar surface area (TPSA) is 90.1 Å². The summed E-state index contributed by atoms with van der Waals surface area (Å²) < 4.78 is 7.20. The van der Waals surface area contributed by atoms with E-state index in [1.54, 1.807) is 25.6 Å². The van der Waals surface area contributed by atoms with Crippen LogP contribution in [-0.4, -0.2) is 43.7 Å². The van der Waals surface area contributed by atoms with Crippen molar-refractivity contribution in [1.82, 2.24) is 19.7 Å². The first-order chi connectivity index (χ1) is 10.2. The molecule has 0 saturated carbocycles. The highest BCUT2D eigenvalue weighted by molar-refractivity contribution is 7.99. The summed E-state index contributed by atoms with van der Waals surface area (Å²) in [6.45, 7) is 2.75. The van der Waals surface area contributed by atoms with Gasteiger partial charge < -0.3 is 14.4 Å². The Morgan fingerprint density at radius 2 is 2.29 bits per heavy atom. The number of ether oxygens (including phenoxy) is 1. The van der Waals surface area contributed by atoms with Gasteiger partial charge in [-0.05, 0) is 12.5 Å². The first kappa shape index (κ1) is 15.3. The van der Waals surface area contributed by atoms with Gasteiger partial charge in [0.1, 0.15) is 5.75 Å². The first-order valence-corrected chi connectivity index (χ1v) is 7.42. The Kier molecular flexibility index (Phi) is 5.15. The second kappa shape index (κ2) is 7.07. The van der Waals surface area contributed by atoms with E-state index in [0.29, 0.717) is 23.3 Å². The average molecular weight is 308 g/mol. The van der Waals surface area contributed by atoms with E-state index in [2.05, 4.69) is 15.2 Å². The molecule has 0 bridgehead atoms. The molecule has 0 aromatic carbocycles. The molecule has 2 aromatic heterocycles. The van der Waals surface area contributed by atoms with Crippen LogP contribution in [0.4, 0.5) is 0 Å². The lowest BCUT2D eigenvalue weighted by Crippen LogP contribution is -2.05. The Labute approximate surface area is 126 Å². The van der Waals surface area contributed by atoms with Crippen molar-refractivity contribution in [1.29, 1.82) is 0 Å². The molecule has 0 unspecified atom stereocenters. The van der Waals surface area contributed by atoms with E-state index in [4.69, 9.17) is 9.84 Å². The highest BCUT2D eigenvalue weighted by Crippen LogP contribution is 2.30. The first-order valence-electron chi connectivity index (χ1n) is 6.43. The van der Waals surface area contributed by atoms with Crippen molar-refractivity contribution in [2.75, 3.05) is 12.9 Å². The van der Waals surface area contributed by atoms with Crippen molar-refractivity contribution in [3.63, 3.8) is 0 Å². The fourth-order valence-corrected chi connectivity index (χ4v) is 2.56. The minimum atomic E-state index is -0.880. The number of thioether (sulfide) groups is 1. The van der Waals surface area contributed by atoms with Gasteiger partial charge in [-0.3, -0.25) is 9.78 Å². The van der Waals surface area contributed by atoms with Gasteiger partial charge in [0.2, 0.25) is 0 Å². The molecular formula is C13H16N4O3S. The standard InChI is InChI=1S/C13H16N4O3S/c1-3-6-17-12(9-4-5-14-7-10(9)20-2)15-16-13(17)21-8-11(18)19/h4-5,7H,3,6,8H2,1-2H3,(H,18,19). The number of carbonyl (C=O) groups is 1. The summed E-state index contributed by atoms with van der Waals surface area (Å²) in [6.07, 6.45) is 4.16. The molecule has 2 rings (SSSR count). The minimum Gasteiger partial charge on any atom is -0.494 e. The summed E-state index contributed by atoms with van der Waals surface area (Å²) in [7, 11) is 1.57. The van der Waals surface area contributed by atoms with Crippen LogP contribution in [0.5, 0.6) is 5.75 Å². The smallest absolute Gasteiger partial charge is 0.313 e. The molecule has 2 heterocycles. The number of aliphatic carboxylic acids is 1. The normalized spacial score (nSPS) is 10.6. The largest absolute Gasteiger partial charge is 0.494 e. The van der Waals surface area contributed by atoms with E-state index in [-0.39, 0.29) is 5.75 Å². The molecule has 112 valence electrons. The van der Waals surface area contributed by atoms with Gasteiger partial charge in [-0.15, -0.1) is 10.2 Å². The van der Waals surface area contributed by atoms with Crippen molar-refractivity contribution in [3.8, 4) is 17.1 Å². The molecule has 0 aliphatic heterocycles. The van der Waals surface area contributed by atoms with Gasteiger partial charge in [0.25, 0.3) is 0 Å². The summed E-state index contributed by atoms with van der Waals surface area (Å²) in [6, 6.07) is 1.81. The van der Waals surface area contributed by atoms with Crippen LogP contribution in [0, 0.1) is 0 Å². The zero-order chi connectivity index (χ0) is 15.2. The zero-order valence-corrected chi connectivity index (χ0v) is 12.6. The van der Waals surface area contributed by atoms with E-state index in [1.165, 1.54) is 0 Å². The number of rotatable bonds is 7. The number of hydrogen-bond donors (Lipinski definition) is 1. The van der Waals surface area contributed by atoms with E-state index in [1.807, 2.05) is 11.5 Å². The SMILES string of the molecule is CCCn1c(SCC(=O)O)nnc1-c1ccncc1OC. The monoisotopic (exact) mass is 308 g/mol. The van der Waals surface area contributed by atoms with Crippen molar-refractivity contribution in [2.45, 2.75) is 25.0 Å². The number of carboxylic acids is 1.